The van der Waals surface area contributed by atoms with Crippen LogP contribution in [0, 0.1) is 0 Å². The average molecular weight is 291 g/mol. The van der Waals surface area contributed by atoms with Gasteiger partial charge in [-0.05, 0) is 44.6 Å². The van der Waals surface area contributed by atoms with E-state index in [4.69, 9.17) is 0 Å². The minimum atomic E-state index is 1.02. The summed E-state index contributed by atoms with van der Waals surface area (Å²) in [6.07, 6.45) is 4.82. The third kappa shape index (κ3) is 7.19. The van der Waals surface area contributed by atoms with Gasteiger partial charge in [0.15, 0.2) is 0 Å². The monoisotopic (exact) mass is 291 g/mol. The molecule has 120 valence electrons. The van der Waals surface area contributed by atoms with Crippen LogP contribution in [0.4, 0.5) is 5.82 Å². The van der Waals surface area contributed by atoms with Crippen LogP contribution in [0.15, 0.2) is 31.4 Å². The number of nitrogens with zero attached hydrogens (tertiary/aromatic N) is 2. The summed E-state index contributed by atoms with van der Waals surface area (Å²) in [7, 11) is 0. The van der Waals surface area contributed by atoms with E-state index in [2.05, 4.69) is 60.8 Å². The summed E-state index contributed by atoms with van der Waals surface area (Å²) in [6.45, 7) is 21.1. The third-order valence-corrected chi connectivity index (χ3v) is 3.31. The summed E-state index contributed by atoms with van der Waals surface area (Å²) in [5.74, 6) is 1.21. The zero-order valence-electron chi connectivity index (χ0n) is 14.4. The zero-order chi connectivity index (χ0) is 16.1. The second kappa shape index (κ2) is 12.3. The smallest absolute Gasteiger partial charge is 0.106 e. The molecule has 3 nitrogen and oxygen atoms in total. The first-order valence-electron chi connectivity index (χ1n) is 8.03. The molecule has 0 unspecified atom stereocenters. The van der Waals surface area contributed by atoms with Crippen LogP contribution in [0.1, 0.15) is 39.8 Å². The lowest BCUT2D eigenvalue weighted by Gasteiger charge is -2.20. The van der Waals surface area contributed by atoms with Gasteiger partial charge in [-0.15, -0.1) is 6.58 Å². The normalized spacial score (nSPS) is 9.95. The maximum atomic E-state index is 3.89. The van der Waals surface area contributed by atoms with Gasteiger partial charge in [-0.1, -0.05) is 33.4 Å². The van der Waals surface area contributed by atoms with E-state index in [1.807, 2.05) is 13.0 Å². The molecule has 1 N–H and O–H groups in total. The number of anilines is 1. The van der Waals surface area contributed by atoms with Gasteiger partial charge >= 0.3 is 0 Å². The largest absolute Gasteiger partial charge is 0.371 e. The predicted molar refractivity (Wildman–Crippen MR) is 97.0 cm³/mol. The van der Waals surface area contributed by atoms with Crippen LogP contribution in [-0.2, 0) is 6.54 Å². The second-order valence-corrected chi connectivity index (χ2v) is 4.86. The SMILES string of the molecule is C=CC.C=Cc1ccc(NCCC)n1CCN(CC)CC. The van der Waals surface area contributed by atoms with Gasteiger partial charge in [0.25, 0.3) is 0 Å². The summed E-state index contributed by atoms with van der Waals surface area (Å²) in [4.78, 5) is 2.44. The van der Waals surface area contributed by atoms with Crippen molar-refractivity contribution in [3.63, 3.8) is 0 Å². The number of aromatic nitrogens is 1. The molecule has 0 aliphatic carbocycles. The molecule has 0 aliphatic rings. The Balaban J connectivity index is 0.00000122. The van der Waals surface area contributed by atoms with Crippen LogP contribution in [0.5, 0.6) is 0 Å². The highest BCUT2D eigenvalue weighted by molar-refractivity contribution is 5.51. The lowest BCUT2D eigenvalue weighted by atomic mass is 10.4. The Labute approximate surface area is 131 Å². The minimum Gasteiger partial charge on any atom is -0.371 e. The van der Waals surface area contributed by atoms with E-state index in [0.29, 0.717) is 0 Å². The number of allylic oxidation sites excluding steroid dienone is 1. The van der Waals surface area contributed by atoms with Gasteiger partial charge in [0.1, 0.15) is 5.82 Å². The Hall–Kier alpha value is -1.48. The summed E-state index contributed by atoms with van der Waals surface area (Å²) in [6, 6.07) is 4.28. The molecule has 0 aliphatic heterocycles. The van der Waals surface area contributed by atoms with Crippen molar-refractivity contribution in [2.45, 2.75) is 40.7 Å². The molecule has 0 amide bonds. The van der Waals surface area contributed by atoms with Crippen molar-refractivity contribution < 1.29 is 0 Å². The van der Waals surface area contributed by atoms with Gasteiger partial charge < -0.3 is 14.8 Å². The maximum Gasteiger partial charge on any atom is 0.106 e. The van der Waals surface area contributed by atoms with Gasteiger partial charge in [0.2, 0.25) is 0 Å². The van der Waals surface area contributed by atoms with Crippen molar-refractivity contribution in [1.29, 1.82) is 0 Å². The molecule has 0 aromatic carbocycles. The van der Waals surface area contributed by atoms with Crippen LogP contribution >= 0.6 is 0 Å². The second-order valence-electron chi connectivity index (χ2n) is 4.86. The summed E-state index contributed by atoms with van der Waals surface area (Å²) >= 11 is 0. The van der Waals surface area contributed by atoms with Gasteiger partial charge in [0.05, 0.1) is 0 Å². The fourth-order valence-corrected chi connectivity index (χ4v) is 2.10. The number of rotatable bonds is 9. The Kier molecular flexibility index (Phi) is 11.4. The molecule has 3 heteroatoms. The summed E-state index contributed by atoms with van der Waals surface area (Å²) in [5, 5.41) is 3.47. The molecule has 1 aromatic heterocycles. The van der Waals surface area contributed by atoms with E-state index in [-0.39, 0.29) is 0 Å². The standard InChI is InChI=1S/C15H27N3.C3H6/c1-5-11-16-15-10-9-14(6-2)18(15)13-12-17(7-3)8-4;1-3-2/h6,9-10,16H,2,5,7-8,11-13H2,1,3-4H3;3H,1H2,2H3. The maximum absolute atomic E-state index is 3.89. The van der Waals surface area contributed by atoms with E-state index in [0.717, 1.165) is 39.1 Å². The highest BCUT2D eigenvalue weighted by atomic mass is 15.2. The van der Waals surface area contributed by atoms with Crippen molar-refractivity contribution in [3.8, 4) is 0 Å². The minimum absolute atomic E-state index is 1.02. The highest BCUT2D eigenvalue weighted by Gasteiger charge is 2.07. The molecule has 0 saturated carbocycles. The van der Waals surface area contributed by atoms with Crippen molar-refractivity contribution in [1.82, 2.24) is 9.47 Å². The van der Waals surface area contributed by atoms with Gasteiger partial charge in [0, 0.05) is 25.3 Å². The molecule has 0 fully saturated rings. The lowest BCUT2D eigenvalue weighted by Crippen LogP contribution is -2.27. The van der Waals surface area contributed by atoms with E-state index in [9.17, 15) is 0 Å². The predicted octanol–water partition coefficient (Wildman–Crippen LogP) is 4.49. The van der Waals surface area contributed by atoms with Crippen molar-refractivity contribution in [2.24, 2.45) is 0 Å². The lowest BCUT2D eigenvalue weighted by molar-refractivity contribution is 0.291. The molecular formula is C18H33N3. The fraction of sp³-hybridized carbons (Fsp3) is 0.556. The van der Waals surface area contributed by atoms with Crippen molar-refractivity contribution in [2.75, 3.05) is 31.5 Å². The molecule has 0 radical (unpaired) electrons. The molecule has 0 spiro atoms. The van der Waals surface area contributed by atoms with Crippen molar-refractivity contribution in [3.05, 3.63) is 37.1 Å². The summed E-state index contributed by atoms with van der Waals surface area (Å²) in [5.41, 5.74) is 1.20. The molecular weight excluding hydrogens is 258 g/mol. The van der Waals surface area contributed by atoms with Crippen LogP contribution in [0.3, 0.4) is 0 Å². The first kappa shape index (κ1) is 19.5. The van der Waals surface area contributed by atoms with Crippen LogP contribution in [0.25, 0.3) is 6.08 Å². The van der Waals surface area contributed by atoms with E-state index in [1.165, 1.54) is 11.5 Å². The first-order chi connectivity index (χ1) is 10.2. The Morgan fingerprint density at radius 2 is 1.81 bits per heavy atom. The van der Waals surface area contributed by atoms with Crippen molar-refractivity contribution >= 4 is 11.9 Å². The Bertz CT molecular complexity index is 389. The zero-order valence-corrected chi connectivity index (χ0v) is 14.4. The molecule has 21 heavy (non-hydrogen) atoms. The first-order valence-corrected chi connectivity index (χ1v) is 8.03. The average Bonchev–Trinajstić information content (AvgIpc) is 2.89. The molecule has 0 saturated heterocycles. The van der Waals surface area contributed by atoms with E-state index < -0.39 is 0 Å². The third-order valence-electron chi connectivity index (χ3n) is 3.31. The molecule has 0 atom stereocenters. The molecule has 1 rings (SSSR count). The topological polar surface area (TPSA) is 20.2 Å². The van der Waals surface area contributed by atoms with Crippen LogP contribution in [0.2, 0.25) is 0 Å². The van der Waals surface area contributed by atoms with Gasteiger partial charge in [-0.3, -0.25) is 0 Å². The van der Waals surface area contributed by atoms with E-state index in [1.54, 1.807) is 6.08 Å². The van der Waals surface area contributed by atoms with Crippen LogP contribution in [-0.4, -0.2) is 35.6 Å². The Morgan fingerprint density at radius 3 is 2.29 bits per heavy atom. The highest BCUT2D eigenvalue weighted by Crippen LogP contribution is 2.16. The molecule has 0 bridgehead atoms. The molecule has 1 aromatic rings. The van der Waals surface area contributed by atoms with Gasteiger partial charge in [-0.2, -0.15) is 0 Å². The number of hydrogen-bond acceptors (Lipinski definition) is 2. The fourth-order valence-electron chi connectivity index (χ4n) is 2.10. The van der Waals surface area contributed by atoms with E-state index >= 15 is 0 Å². The quantitative estimate of drug-likeness (QED) is 0.677. The Morgan fingerprint density at radius 1 is 1.19 bits per heavy atom. The van der Waals surface area contributed by atoms with Crippen LogP contribution < -0.4 is 5.32 Å². The number of hydrogen-bond donors (Lipinski definition) is 1. The molecule has 1 heterocycles. The number of likely N-dealkylation sites (N-methyl/N-ethyl adjacent to an activating group) is 1. The van der Waals surface area contributed by atoms with Gasteiger partial charge in [-0.25, -0.2) is 0 Å². The number of nitrogens with one attached hydrogen (secondary N) is 1. The summed E-state index contributed by atoms with van der Waals surface area (Å²) < 4.78 is 2.32.